The van der Waals surface area contributed by atoms with Gasteiger partial charge in [0.1, 0.15) is 79.4 Å². The molecule has 0 aromatic rings. The van der Waals surface area contributed by atoms with E-state index in [-0.39, 0.29) is 52.6 Å². The summed E-state index contributed by atoms with van der Waals surface area (Å²) < 4.78 is 47.6. The van der Waals surface area contributed by atoms with E-state index in [4.69, 9.17) is 37.9 Å². The highest BCUT2D eigenvalue weighted by Gasteiger charge is 2.70. The predicted molar refractivity (Wildman–Crippen MR) is 251 cm³/mol. The first-order chi connectivity index (χ1) is 34.2. The molecule has 0 unspecified atom stereocenters. The molecule has 4 heterocycles. The molecule has 4 aliphatic heterocycles. The van der Waals surface area contributed by atoms with Gasteiger partial charge in [-0.1, -0.05) is 53.2 Å². The summed E-state index contributed by atoms with van der Waals surface area (Å²) in [5.74, 6) is -0.465. The molecule has 21 heteroatoms. The van der Waals surface area contributed by atoms with Crippen molar-refractivity contribution in [3.8, 4) is 0 Å². The van der Waals surface area contributed by atoms with Crippen LogP contribution in [-0.2, 0) is 42.7 Å². The summed E-state index contributed by atoms with van der Waals surface area (Å²) in [6, 6.07) is 0. The van der Waals surface area contributed by atoms with E-state index in [0.29, 0.717) is 19.3 Å². The van der Waals surface area contributed by atoms with Crippen LogP contribution in [0.2, 0.25) is 0 Å². The number of hydrogen-bond acceptors (Lipinski definition) is 20. The molecule has 5 aliphatic carbocycles. The Bertz CT molecular complexity index is 2010. The number of aliphatic carboxylic acids is 1. The summed E-state index contributed by atoms with van der Waals surface area (Å²) in [6.07, 6.45) is -19.1. The van der Waals surface area contributed by atoms with Crippen LogP contribution in [0.5, 0.6) is 0 Å². The lowest BCUT2D eigenvalue weighted by Crippen LogP contribution is -2.67. The SMILES string of the molecule is C[C@@H]1O[C@@H](O[C@H]2[C@H](O[C@H]3CC[C@@]4(C)[C@@H](CC[C@]5(C)[C@@H]4CC=C4[C@@H]6CC(C)(C)CC[C@]6(C(=O)O)CC[C@]45C)[C@]3(C)CO)OC[C@H](O)[C@@H]2O)[C@H](O)[C@H](O[C@@H]2OC[C@@H](O[C@@H]3O[C@H](CO)[C@@H](O)[C@H](O)[C@H]3O)[C@@H](O)[C@H]2O)[C@H]1O. The molecule has 0 aromatic carbocycles. The number of carbonyl (C=O) groups is 1. The normalized spacial score (nSPS) is 55.0. The van der Waals surface area contributed by atoms with E-state index < -0.39 is 147 Å². The quantitative estimate of drug-likeness (QED) is 0.0942. The number of aliphatic hydroxyl groups is 11. The van der Waals surface area contributed by atoms with Crippen LogP contribution in [0.1, 0.15) is 113 Å². The lowest BCUT2D eigenvalue weighted by molar-refractivity contribution is -0.383. The molecule has 0 bridgehead atoms. The highest BCUT2D eigenvalue weighted by atomic mass is 16.8. The second kappa shape index (κ2) is 20.3. The van der Waals surface area contributed by atoms with E-state index in [9.17, 15) is 66.1 Å². The van der Waals surface area contributed by atoms with Crippen LogP contribution in [0.25, 0.3) is 0 Å². The molecule has 8 fully saturated rings. The minimum Gasteiger partial charge on any atom is -0.481 e. The second-order valence-corrected chi connectivity index (χ2v) is 25.2. The van der Waals surface area contributed by atoms with Crippen molar-refractivity contribution in [1.29, 1.82) is 0 Å². The van der Waals surface area contributed by atoms with Crippen molar-refractivity contribution in [2.45, 2.75) is 229 Å². The molecule has 0 aromatic heterocycles. The first-order valence-corrected chi connectivity index (χ1v) is 26.7. The summed E-state index contributed by atoms with van der Waals surface area (Å²) >= 11 is 0. The fraction of sp³-hybridized carbons (Fsp3) is 0.942. The number of aliphatic hydroxyl groups excluding tert-OH is 11. The molecule has 73 heavy (non-hydrogen) atoms. The van der Waals surface area contributed by atoms with Crippen LogP contribution in [0, 0.1) is 50.2 Å². The molecule has 4 saturated heterocycles. The zero-order chi connectivity index (χ0) is 53.1. The van der Waals surface area contributed by atoms with Crippen molar-refractivity contribution in [1.82, 2.24) is 0 Å². The van der Waals surface area contributed by atoms with Crippen molar-refractivity contribution >= 4 is 5.97 Å². The molecule has 12 N–H and O–H groups in total. The Hall–Kier alpha value is -1.55. The molecular weight excluding hydrogens is 961 g/mol. The topological polar surface area (TPSA) is 334 Å². The maximum atomic E-state index is 13.2. The van der Waals surface area contributed by atoms with Gasteiger partial charge in [0.2, 0.25) is 0 Å². The average Bonchev–Trinajstić information content (AvgIpc) is 3.34. The predicted octanol–water partition coefficient (Wildman–Crippen LogP) is -0.191. The summed E-state index contributed by atoms with van der Waals surface area (Å²) in [5.41, 5.74) is -0.749. The van der Waals surface area contributed by atoms with Gasteiger partial charge >= 0.3 is 5.97 Å². The van der Waals surface area contributed by atoms with Crippen molar-refractivity contribution in [3.63, 3.8) is 0 Å². The van der Waals surface area contributed by atoms with Crippen molar-refractivity contribution in [2.24, 2.45) is 50.2 Å². The standard InChI is InChI=1S/C52H84O21/c1-23-32(56)40(72-42-37(61)35(59)28(21-67-42)70-43-38(62)36(60)34(58)27(19-53)69-43)39(63)44(68-23)73-41-33(57)26(55)20-66-45(41)71-31-11-12-48(4)29(49(31,5)22-54)10-13-51(7)30(48)9-8-24-25-18-47(2,3)14-16-52(25,46(64)65)17-15-50(24,51)6/h8,23,25-45,53-63H,9-22H2,1-7H3,(H,64,65)/t23-,25-,26-,27+,28+,29+,30+,31-,32-,33-,34+,35+,36-,37+,38+,39+,40+,41+,42-,43-,44-,45-,48-,49-,50+,51+,52-/m0/s1. The van der Waals surface area contributed by atoms with E-state index in [1.165, 1.54) is 12.5 Å². The fourth-order valence-electron chi connectivity index (χ4n) is 16.0. The molecular formula is C52H84O21. The summed E-state index contributed by atoms with van der Waals surface area (Å²) in [5, 5.41) is 130. The van der Waals surface area contributed by atoms with Gasteiger partial charge in [0.25, 0.3) is 0 Å². The number of carboxylic acids is 1. The van der Waals surface area contributed by atoms with E-state index in [1.54, 1.807) is 0 Å². The molecule has 4 saturated carbocycles. The van der Waals surface area contributed by atoms with Gasteiger partial charge in [-0.15, -0.1) is 0 Å². The van der Waals surface area contributed by atoms with Crippen molar-refractivity contribution in [2.75, 3.05) is 26.4 Å². The Kier molecular flexibility index (Phi) is 15.6. The molecule has 0 spiro atoms. The second-order valence-electron chi connectivity index (χ2n) is 25.2. The van der Waals surface area contributed by atoms with Gasteiger partial charge < -0.3 is 99.2 Å². The lowest BCUT2D eigenvalue weighted by Gasteiger charge is -2.71. The van der Waals surface area contributed by atoms with E-state index >= 15 is 0 Å². The third-order valence-corrected chi connectivity index (χ3v) is 20.8. The van der Waals surface area contributed by atoms with Gasteiger partial charge in [0.15, 0.2) is 25.2 Å². The summed E-state index contributed by atoms with van der Waals surface area (Å²) in [7, 11) is 0. The Morgan fingerprint density at radius 2 is 1.30 bits per heavy atom. The maximum absolute atomic E-state index is 13.2. The Morgan fingerprint density at radius 3 is 1.99 bits per heavy atom. The minimum absolute atomic E-state index is 0.0108. The Labute approximate surface area is 426 Å². The third-order valence-electron chi connectivity index (χ3n) is 20.8. The van der Waals surface area contributed by atoms with Gasteiger partial charge in [0.05, 0.1) is 44.1 Å². The first kappa shape index (κ1) is 56.2. The van der Waals surface area contributed by atoms with E-state index in [0.717, 1.165) is 44.9 Å². The number of ether oxygens (including phenoxy) is 8. The highest BCUT2D eigenvalue weighted by molar-refractivity contribution is 5.76. The first-order valence-electron chi connectivity index (χ1n) is 26.7. The van der Waals surface area contributed by atoms with Gasteiger partial charge in [-0.3, -0.25) is 4.79 Å². The largest absolute Gasteiger partial charge is 0.481 e. The smallest absolute Gasteiger partial charge is 0.310 e. The van der Waals surface area contributed by atoms with Gasteiger partial charge in [0, 0.05) is 5.41 Å². The van der Waals surface area contributed by atoms with E-state index in [1.807, 2.05) is 6.92 Å². The van der Waals surface area contributed by atoms with Crippen LogP contribution in [-0.4, -0.2) is 210 Å². The molecule has 9 rings (SSSR count). The number of carboxylic acid groups (broad SMARTS) is 1. The van der Waals surface area contributed by atoms with Crippen molar-refractivity contribution < 1.29 is 104 Å². The van der Waals surface area contributed by atoms with Crippen molar-refractivity contribution in [3.05, 3.63) is 11.6 Å². The van der Waals surface area contributed by atoms with E-state index in [2.05, 4.69) is 40.7 Å². The molecule has 0 radical (unpaired) electrons. The molecule has 9 aliphatic rings. The summed E-state index contributed by atoms with van der Waals surface area (Å²) in [6.45, 7) is 13.5. The summed E-state index contributed by atoms with van der Waals surface area (Å²) in [4.78, 5) is 13.2. The van der Waals surface area contributed by atoms with Crippen LogP contribution in [0.4, 0.5) is 0 Å². The third kappa shape index (κ3) is 9.10. The minimum atomic E-state index is -1.89. The number of hydrogen-bond donors (Lipinski definition) is 12. The zero-order valence-corrected chi connectivity index (χ0v) is 43.2. The maximum Gasteiger partial charge on any atom is 0.310 e. The molecule has 0 amide bonds. The molecule has 27 atom stereocenters. The average molecular weight is 1050 g/mol. The van der Waals surface area contributed by atoms with Crippen LogP contribution < -0.4 is 0 Å². The highest BCUT2D eigenvalue weighted by Crippen LogP contribution is 2.76. The lowest BCUT2D eigenvalue weighted by atomic mass is 9.33. The van der Waals surface area contributed by atoms with Crippen LogP contribution in [0.3, 0.4) is 0 Å². The van der Waals surface area contributed by atoms with Gasteiger partial charge in [-0.2, -0.15) is 0 Å². The van der Waals surface area contributed by atoms with Gasteiger partial charge in [-0.05, 0) is 111 Å². The number of rotatable bonds is 11. The number of allylic oxidation sites excluding steroid dienone is 2. The molecule has 21 nitrogen and oxygen atoms in total. The van der Waals surface area contributed by atoms with Gasteiger partial charge in [-0.25, -0.2) is 0 Å². The number of fused-ring (bicyclic) bond motifs is 7. The Balaban J connectivity index is 0.887. The fourth-order valence-corrected chi connectivity index (χ4v) is 16.0. The van der Waals surface area contributed by atoms with Crippen LogP contribution in [0.15, 0.2) is 11.6 Å². The van der Waals surface area contributed by atoms with Crippen LogP contribution >= 0.6 is 0 Å². The zero-order valence-electron chi connectivity index (χ0n) is 43.2. The monoisotopic (exact) mass is 1040 g/mol. The molecule has 418 valence electrons. The Morgan fingerprint density at radius 1 is 0.644 bits per heavy atom.